The molecule has 0 atom stereocenters. The molecule has 0 spiro atoms. The maximum absolute atomic E-state index is 12.5. The molecule has 1 aromatic heterocycles. The first-order valence-corrected chi connectivity index (χ1v) is 10.2. The van der Waals surface area contributed by atoms with Crippen LogP contribution in [0.3, 0.4) is 0 Å². The van der Waals surface area contributed by atoms with E-state index in [-0.39, 0.29) is 10.8 Å². The maximum atomic E-state index is 12.5. The smallest absolute Gasteiger partial charge is 0.261 e. The van der Waals surface area contributed by atoms with Crippen molar-refractivity contribution < 1.29 is 13.2 Å². The van der Waals surface area contributed by atoms with Gasteiger partial charge in [0.05, 0.1) is 23.0 Å². The van der Waals surface area contributed by atoms with E-state index in [0.717, 1.165) is 24.4 Å². The zero-order valence-electron chi connectivity index (χ0n) is 14.3. The minimum Gasteiger partial charge on any atom is -0.312 e. The van der Waals surface area contributed by atoms with E-state index in [1.165, 1.54) is 37.4 Å². The average molecular weight is 372 g/mol. The van der Waals surface area contributed by atoms with E-state index in [1.54, 1.807) is 17.0 Å². The molecule has 2 aliphatic rings. The molecule has 2 aromatic rings. The summed E-state index contributed by atoms with van der Waals surface area (Å²) >= 11 is 0. The molecule has 1 saturated heterocycles. The molecule has 7 nitrogen and oxygen atoms in total. The summed E-state index contributed by atoms with van der Waals surface area (Å²) in [6.07, 6.45) is 7.66. The van der Waals surface area contributed by atoms with Gasteiger partial charge in [-0.25, -0.2) is 18.4 Å². The first-order valence-electron chi connectivity index (χ1n) is 8.75. The summed E-state index contributed by atoms with van der Waals surface area (Å²) in [5.74, 6) is 1.50. The third-order valence-corrected chi connectivity index (χ3v) is 6.06. The number of carbonyl (C=O) groups is 1. The molecular formula is C18H20N4O3S. The van der Waals surface area contributed by atoms with Gasteiger partial charge in [-0.15, -0.1) is 0 Å². The fourth-order valence-electron chi connectivity index (χ4n) is 3.03. The zero-order valence-corrected chi connectivity index (χ0v) is 15.1. The minimum atomic E-state index is -3.72. The Kier molecular flexibility index (Phi) is 4.36. The zero-order chi connectivity index (χ0) is 18.1. The first kappa shape index (κ1) is 17.0. The number of amides is 1. The molecule has 1 aromatic carbocycles. The van der Waals surface area contributed by atoms with Gasteiger partial charge in [0.1, 0.15) is 5.82 Å². The fraction of sp³-hybridized carbons (Fsp3) is 0.389. The van der Waals surface area contributed by atoms with Crippen molar-refractivity contribution >= 4 is 27.3 Å². The second-order valence-electron chi connectivity index (χ2n) is 6.78. The molecular weight excluding hydrogens is 352 g/mol. The molecule has 4 rings (SSSR count). The lowest BCUT2D eigenvalue weighted by atomic mass is 10.3. The SMILES string of the molecule is O=C1CCCN1c1ccc(S(=O)(=O)Nc2cnc(CC3CC3)nc2)cc1. The summed E-state index contributed by atoms with van der Waals surface area (Å²) in [6, 6.07) is 6.33. The van der Waals surface area contributed by atoms with Gasteiger partial charge in [0.25, 0.3) is 10.0 Å². The lowest BCUT2D eigenvalue weighted by molar-refractivity contribution is -0.117. The quantitative estimate of drug-likeness (QED) is 0.840. The van der Waals surface area contributed by atoms with Gasteiger partial charge < -0.3 is 4.90 Å². The van der Waals surface area contributed by atoms with Crippen LogP contribution in [0.2, 0.25) is 0 Å². The van der Waals surface area contributed by atoms with Crippen molar-refractivity contribution in [1.29, 1.82) is 0 Å². The second-order valence-corrected chi connectivity index (χ2v) is 8.47. The van der Waals surface area contributed by atoms with Crippen molar-refractivity contribution in [2.24, 2.45) is 5.92 Å². The normalized spacial score (nSPS) is 17.5. The summed E-state index contributed by atoms with van der Waals surface area (Å²) in [5.41, 5.74) is 1.06. The first-order chi connectivity index (χ1) is 12.5. The number of hydrogen-bond donors (Lipinski definition) is 1. The van der Waals surface area contributed by atoms with Crippen LogP contribution in [-0.4, -0.2) is 30.8 Å². The molecule has 2 fully saturated rings. The standard InChI is InChI=1S/C18H20N4O3S/c23-18-2-1-9-22(18)15-5-7-16(8-6-15)26(24,25)21-14-11-19-17(20-12-14)10-13-3-4-13/h5-8,11-13,21H,1-4,9-10H2. The van der Waals surface area contributed by atoms with E-state index >= 15 is 0 Å². The van der Waals surface area contributed by atoms with Crippen LogP contribution in [0.15, 0.2) is 41.6 Å². The van der Waals surface area contributed by atoms with Gasteiger partial charge >= 0.3 is 0 Å². The Morgan fingerprint density at radius 2 is 1.81 bits per heavy atom. The van der Waals surface area contributed by atoms with E-state index < -0.39 is 10.0 Å². The van der Waals surface area contributed by atoms with Crippen LogP contribution in [-0.2, 0) is 21.2 Å². The number of rotatable bonds is 6. The molecule has 1 amide bonds. The number of anilines is 2. The molecule has 1 saturated carbocycles. The van der Waals surface area contributed by atoms with Crippen LogP contribution in [0, 0.1) is 5.92 Å². The van der Waals surface area contributed by atoms with E-state index in [0.29, 0.717) is 24.6 Å². The Balaban J connectivity index is 1.46. The Hall–Kier alpha value is -2.48. The number of sulfonamides is 1. The number of carbonyl (C=O) groups excluding carboxylic acids is 1. The molecule has 0 bridgehead atoms. The van der Waals surface area contributed by atoms with E-state index in [1.807, 2.05) is 0 Å². The van der Waals surface area contributed by atoms with Gasteiger partial charge in [0.2, 0.25) is 5.91 Å². The third-order valence-electron chi connectivity index (χ3n) is 4.66. The summed E-state index contributed by atoms with van der Waals surface area (Å²) in [7, 11) is -3.72. The van der Waals surface area contributed by atoms with Gasteiger partial charge in [0, 0.05) is 25.1 Å². The third kappa shape index (κ3) is 3.70. The van der Waals surface area contributed by atoms with Crippen LogP contribution >= 0.6 is 0 Å². The predicted molar refractivity (Wildman–Crippen MR) is 97.3 cm³/mol. The highest BCUT2D eigenvalue weighted by molar-refractivity contribution is 7.92. The van der Waals surface area contributed by atoms with Crippen LogP contribution in [0.4, 0.5) is 11.4 Å². The summed E-state index contributed by atoms with van der Waals surface area (Å²) in [4.78, 5) is 22.0. The lowest BCUT2D eigenvalue weighted by Gasteiger charge is -2.16. The fourth-order valence-corrected chi connectivity index (χ4v) is 4.06. The van der Waals surface area contributed by atoms with Gasteiger partial charge in [-0.05, 0) is 49.4 Å². The largest absolute Gasteiger partial charge is 0.312 e. The number of nitrogens with one attached hydrogen (secondary N) is 1. The highest BCUT2D eigenvalue weighted by Crippen LogP contribution is 2.31. The van der Waals surface area contributed by atoms with Crippen molar-refractivity contribution in [3.05, 3.63) is 42.5 Å². The molecule has 0 radical (unpaired) electrons. The van der Waals surface area contributed by atoms with Crippen LogP contribution in [0.1, 0.15) is 31.5 Å². The molecule has 0 unspecified atom stereocenters. The Labute approximate surface area is 152 Å². The number of nitrogens with zero attached hydrogens (tertiary/aromatic N) is 3. The van der Waals surface area contributed by atoms with Crippen LogP contribution < -0.4 is 9.62 Å². The van der Waals surface area contributed by atoms with Gasteiger partial charge in [0.15, 0.2) is 0 Å². The van der Waals surface area contributed by atoms with Gasteiger partial charge in [-0.3, -0.25) is 9.52 Å². The van der Waals surface area contributed by atoms with E-state index in [9.17, 15) is 13.2 Å². The van der Waals surface area contributed by atoms with Gasteiger partial charge in [-0.1, -0.05) is 0 Å². The molecule has 1 aliphatic heterocycles. The molecule has 136 valence electrons. The second kappa shape index (κ2) is 6.68. The van der Waals surface area contributed by atoms with Crippen LogP contribution in [0.5, 0.6) is 0 Å². The highest BCUT2D eigenvalue weighted by atomic mass is 32.2. The molecule has 1 N–H and O–H groups in total. The predicted octanol–water partition coefficient (Wildman–Crippen LogP) is 2.36. The molecule has 8 heteroatoms. The van der Waals surface area contributed by atoms with E-state index in [2.05, 4.69) is 14.7 Å². The molecule has 26 heavy (non-hydrogen) atoms. The van der Waals surface area contributed by atoms with Crippen molar-refractivity contribution in [3.63, 3.8) is 0 Å². The summed E-state index contributed by atoms with van der Waals surface area (Å²) in [6.45, 7) is 0.674. The lowest BCUT2D eigenvalue weighted by Crippen LogP contribution is -2.23. The van der Waals surface area contributed by atoms with Gasteiger partial charge in [-0.2, -0.15) is 0 Å². The molecule has 1 aliphatic carbocycles. The number of benzene rings is 1. The topological polar surface area (TPSA) is 92.3 Å². The number of hydrogen-bond acceptors (Lipinski definition) is 5. The Morgan fingerprint density at radius 3 is 2.38 bits per heavy atom. The monoisotopic (exact) mass is 372 g/mol. The van der Waals surface area contributed by atoms with Crippen LogP contribution in [0.25, 0.3) is 0 Å². The van der Waals surface area contributed by atoms with Crippen molar-refractivity contribution in [1.82, 2.24) is 9.97 Å². The summed E-state index contributed by atoms with van der Waals surface area (Å²) in [5, 5.41) is 0. The maximum Gasteiger partial charge on any atom is 0.261 e. The van der Waals surface area contributed by atoms with Crippen molar-refractivity contribution in [2.75, 3.05) is 16.2 Å². The van der Waals surface area contributed by atoms with E-state index in [4.69, 9.17) is 0 Å². The van der Waals surface area contributed by atoms with Crippen molar-refractivity contribution in [3.8, 4) is 0 Å². The number of aromatic nitrogens is 2. The average Bonchev–Trinajstić information content (AvgIpc) is 3.34. The van der Waals surface area contributed by atoms with Crippen molar-refractivity contribution in [2.45, 2.75) is 37.0 Å². The summed E-state index contributed by atoms with van der Waals surface area (Å²) < 4.78 is 27.5. The Bertz CT molecular complexity index is 906. The minimum absolute atomic E-state index is 0.0715. The molecule has 2 heterocycles. The highest BCUT2D eigenvalue weighted by Gasteiger charge is 2.24. The Morgan fingerprint density at radius 1 is 1.12 bits per heavy atom.